The summed E-state index contributed by atoms with van der Waals surface area (Å²) in [5.41, 5.74) is 5.55. The Morgan fingerprint density at radius 3 is 2.33 bits per heavy atom. The van der Waals surface area contributed by atoms with E-state index in [1.807, 2.05) is 20.8 Å². The van der Waals surface area contributed by atoms with E-state index in [2.05, 4.69) is 5.32 Å². The van der Waals surface area contributed by atoms with Gasteiger partial charge in [-0.15, -0.1) is 0 Å². The molecule has 0 unspecified atom stereocenters. The first-order valence-electron chi connectivity index (χ1n) is 4.48. The maximum absolute atomic E-state index is 11.4. The summed E-state index contributed by atoms with van der Waals surface area (Å²) in [4.78, 5) is 11.4. The fourth-order valence-corrected chi connectivity index (χ4v) is 1.12. The van der Waals surface area contributed by atoms with E-state index in [4.69, 9.17) is 5.73 Å². The minimum Gasteiger partial charge on any atom is -0.350 e. The van der Waals surface area contributed by atoms with E-state index in [0.29, 0.717) is 5.92 Å². The normalized spacial score (nSPS) is 20.3. The van der Waals surface area contributed by atoms with Crippen molar-refractivity contribution < 1.29 is 4.79 Å². The molecule has 1 saturated carbocycles. The molecule has 0 spiro atoms. The number of carbonyl (C=O) groups excluding carboxylic acids is 1. The van der Waals surface area contributed by atoms with Gasteiger partial charge in [-0.1, -0.05) is 0 Å². The smallest absolute Gasteiger partial charge is 0.237 e. The van der Waals surface area contributed by atoms with Crippen LogP contribution in [0, 0.1) is 5.92 Å². The molecule has 1 amide bonds. The Bertz CT molecular complexity index is 179. The minimum atomic E-state index is -0.288. The molecule has 0 aromatic rings. The fraction of sp³-hybridized carbons (Fsp3) is 0.889. The number of amides is 1. The summed E-state index contributed by atoms with van der Waals surface area (Å²) >= 11 is 0. The van der Waals surface area contributed by atoms with Gasteiger partial charge < -0.3 is 11.1 Å². The molecule has 70 valence electrons. The van der Waals surface area contributed by atoms with Gasteiger partial charge in [-0.3, -0.25) is 4.79 Å². The Morgan fingerprint density at radius 2 is 2.00 bits per heavy atom. The molecule has 3 nitrogen and oxygen atoms in total. The van der Waals surface area contributed by atoms with Crippen molar-refractivity contribution in [2.45, 2.75) is 45.2 Å². The van der Waals surface area contributed by atoms with E-state index in [9.17, 15) is 4.79 Å². The van der Waals surface area contributed by atoms with E-state index in [1.165, 1.54) is 0 Å². The molecule has 12 heavy (non-hydrogen) atoms. The van der Waals surface area contributed by atoms with E-state index >= 15 is 0 Å². The first-order chi connectivity index (χ1) is 5.40. The summed E-state index contributed by atoms with van der Waals surface area (Å²) in [6.45, 7) is 5.89. The average molecular weight is 170 g/mol. The van der Waals surface area contributed by atoms with Crippen molar-refractivity contribution in [2.75, 3.05) is 0 Å². The van der Waals surface area contributed by atoms with Crippen LogP contribution in [-0.2, 0) is 4.79 Å². The van der Waals surface area contributed by atoms with Crippen molar-refractivity contribution >= 4 is 5.91 Å². The Kier molecular flexibility index (Phi) is 2.42. The van der Waals surface area contributed by atoms with E-state index in [0.717, 1.165) is 12.8 Å². The zero-order valence-corrected chi connectivity index (χ0v) is 8.05. The summed E-state index contributed by atoms with van der Waals surface area (Å²) < 4.78 is 0. The zero-order chi connectivity index (χ0) is 9.35. The second kappa shape index (κ2) is 3.05. The Balaban J connectivity index is 2.36. The van der Waals surface area contributed by atoms with E-state index in [-0.39, 0.29) is 17.5 Å². The van der Waals surface area contributed by atoms with Crippen LogP contribution in [0.3, 0.4) is 0 Å². The quantitative estimate of drug-likeness (QED) is 0.639. The van der Waals surface area contributed by atoms with Crippen LogP contribution in [0.5, 0.6) is 0 Å². The fourth-order valence-electron chi connectivity index (χ4n) is 1.12. The van der Waals surface area contributed by atoms with Gasteiger partial charge in [0.25, 0.3) is 0 Å². The standard InChI is InChI=1S/C9H18N2O/c1-9(2,3)11-8(12)7(10)6-4-5-6/h6-7H,4-5,10H2,1-3H3,(H,11,12)/t7-/m1/s1. The maximum atomic E-state index is 11.4. The van der Waals surface area contributed by atoms with Crippen LogP contribution in [0.2, 0.25) is 0 Å². The second-order valence-corrected chi connectivity index (χ2v) is 4.60. The maximum Gasteiger partial charge on any atom is 0.237 e. The molecular weight excluding hydrogens is 152 g/mol. The molecule has 0 heterocycles. The van der Waals surface area contributed by atoms with Gasteiger partial charge in [-0.25, -0.2) is 0 Å². The van der Waals surface area contributed by atoms with Gasteiger partial charge in [0.2, 0.25) is 5.91 Å². The number of hydrogen-bond acceptors (Lipinski definition) is 2. The van der Waals surface area contributed by atoms with Gasteiger partial charge >= 0.3 is 0 Å². The number of hydrogen-bond donors (Lipinski definition) is 2. The van der Waals surface area contributed by atoms with E-state index < -0.39 is 0 Å². The van der Waals surface area contributed by atoms with Crippen LogP contribution in [0.25, 0.3) is 0 Å². The molecule has 1 atom stereocenters. The lowest BCUT2D eigenvalue weighted by atomic mass is 10.1. The van der Waals surface area contributed by atoms with Crippen LogP contribution in [-0.4, -0.2) is 17.5 Å². The third kappa shape index (κ3) is 2.81. The monoisotopic (exact) mass is 170 g/mol. The average Bonchev–Trinajstić information content (AvgIpc) is 2.62. The molecule has 0 aliphatic heterocycles. The predicted octanol–water partition coefficient (Wildman–Crippen LogP) is 0.638. The van der Waals surface area contributed by atoms with Crippen molar-refractivity contribution in [1.29, 1.82) is 0 Å². The van der Waals surface area contributed by atoms with Crippen LogP contribution in [0.1, 0.15) is 33.6 Å². The minimum absolute atomic E-state index is 0.00926. The lowest BCUT2D eigenvalue weighted by Gasteiger charge is -2.22. The molecule has 0 radical (unpaired) electrons. The van der Waals surface area contributed by atoms with Gasteiger partial charge in [-0.05, 0) is 39.5 Å². The third-order valence-corrected chi connectivity index (χ3v) is 1.93. The van der Waals surface area contributed by atoms with Crippen molar-refractivity contribution in [3.63, 3.8) is 0 Å². The summed E-state index contributed by atoms with van der Waals surface area (Å²) in [6.07, 6.45) is 2.22. The number of nitrogens with one attached hydrogen (secondary N) is 1. The molecule has 1 rings (SSSR count). The first-order valence-corrected chi connectivity index (χ1v) is 4.48. The molecule has 1 fully saturated rings. The van der Waals surface area contributed by atoms with Crippen molar-refractivity contribution in [3.05, 3.63) is 0 Å². The van der Waals surface area contributed by atoms with Crippen molar-refractivity contribution in [3.8, 4) is 0 Å². The van der Waals surface area contributed by atoms with Gasteiger partial charge in [-0.2, -0.15) is 0 Å². The highest BCUT2D eigenvalue weighted by Gasteiger charge is 2.34. The van der Waals surface area contributed by atoms with Gasteiger partial charge in [0.05, 0.1) is 6.04 Å². The Morgan fingerprint density at radius 1 is 1.50 bits per heavy atom. The summed E-state index contributed by atoms with van der Waals surface area (Å²) in [6, 6.07) is -0.288. The second-order valence-electron chi connectivity index (χ2n) is 4.60. The van der Waals surface area contributed by atoms with Crippen LogP contribution < -0.4 is 11.1 Å². The molecule has 1 aliphatic rings. The van der Waals surface area contributed by atoms with Crippen molar-refractivity contribution in [1.82, 2.24) is 5.32 Å². The van der Waals surface area contributed by atoms with E-state index in [1.54, 1.807) is 0 Å². The van der Waals surface area contributed by atoms with Crippen LogP contribution >= 0.6 is 0 Å². The molecule has 0 saturated heterocycles. The van der Waals surface area contributed by atoms with Crippen molar-refractivity contribution in [2.24, 2.45) is 11.7 Å². The highest BCUT2D eigenvalue weighted by atomic mass is 16.2. The molecule has 3 heteroatoms. The van der Waals surface area contributed by atoms with Gasteiger partial charge in [0, 0.05) is 5.54 Å². The highest BCUT2D eigenvalue weighted by Crippen LogP contribution is 2.31. The number of carbonyl (C=O) groups is 1. The predicted molar refractivity (Wildman–Crippen MR) is 48.6 cm³/mol. The summed E-state index contributed by atoms with van der Waals surface area (Å²) in [5.74, 6) is 0.428. The summed E-state index contributed by atoms with van der Waals surface area (Å²) in [7, 11) is 0. The molecule has 0 bridgehead atoms. The molecule has 0 aromatic heterocycles. The molecule has 0 aromatic carbocycles. The first kappa shape index (κ1) is 9.52. The van der Waals surface area contributed by atoms with Gasteiger partial charge in [0.1, 0.15) is 0 Å². The summed E-state index contributed by atoms with van der Waals surface area (Å²) in [5, 5.41) is 2.88. The number of rotatable bonds is 2. The lowest BCUT2D eigenvalue weighted by molar-refractivity contribution is -0.124. The topological polar surface area (TPSA) is 55.1 Å². The lowest BCUT2D eigenvalue weighted by Crippen LogP contribution is -2.49. The molecule has 1 aliphatic carbocycles. The van der Waals surface area contributed by atoms with Crippen LogP contribution in [0.15, 0.2) is 0 Å². The van der Waals surface area contributed by atoms with Crippen LogP contribution in [0.4, 0.5) is 0 Å². The Hall–Kier alpha value is -0.570. The Labute approximate surface area is 73.7 Å². The highest BCUT2D eigenvalue weighted by molar-refractivity contribution is 5.82. The molecule has 3 N–H and O–H groups in total. The zero-order valence-electron chi connectivity index (χ0n) is 8.05. The molecular formula is C9H18N2O. The third-order valence-electron chi connectivity index (χ3n) is 1.93. The number of nitrogens with two attached hydrogens (primary N) is 1. The SMILES string of the molecule is CC(C)(C)NC(=O)[C@H](N)C1CC1. The van der Waals surface area contributed by atoms with Gasteiger partial charge in [0.15, 0.2) is 0 Å². The largest absolute Gasteiger partial charge is 0.350 e.